The van der Waals surface area contributed by atoms with Crippen LogP contribution >= 0.6 is 0 Å². The SMILES string of the molecule is C[OH+][C@@H]1OC(CO)[C@@H](O)C(O)C1O. The van der Waals surface area contributed by atoms with Crippen LogP contribution in [0.2, 0.25) is 0 Å². The van der Waals surface area contributed by atoms with Gasteiger partial charge < -0.3 is 29.9 Å². The van der Waals surface area contributed by atoms with Gasteiger partial charge in [0, 0.05) is 0 Å². The molecule has 0 aromatic rings. The van der Waals surface area contributed by atoms with Crippen molar-refractivity contribution >= 4 is 0 Å². The molecule has 0 aromatic carbocycles. The molecule has 1 saturated heterocycles. The van der Waals surface area contributed by atoms with E-state index in [-0.39, 0.29) is 0 Å². The Hall–Kier alpha value is -0.240. The summed E-state index contributed by atoms with van der Waals surface area (Å²) in [5.74, 6) is 0. The fraction of sp³-hybridized carbons (Fsp3) is 1.00. The zero-order valence-corrected chi connectivity index (χ0v) is 7.24. The molecule has 13 heavy (non-hydrogen) atoms. The Balaban J connectivity index is 2.66. The van der Waals surface area contributed by atoms with Crippen molar-refractivity contribution in [2.45, 2.75) is 30.7 Å². The molecule has 1 heterocycles. The second-order valence-corrected chi connectivity index (χ2v) is 2.98. The summed E-state index contributed by atoms with van der Waals surface area (Å²) >= 11 is 0. The smallest absolute Gasteiger partial charge is 0.294 e. The molecule has 0 aliphatic carbocycles. The van der Waals surface area contributed by atoms with Crippen LogP contribution in [0.1, 0.15) is 0 Å². The van der Waals surface area contributed by atoms with E-state index in [1.165, 1.54) is 7.11 Å². The van der Waals surface area contributed by atoms with E-state index in [1.807, 2.05) is 0 Å². The molecule has 6 nitrogen and oxygen atoms in total. The van der Waals surface area contributed by atoms with Crippen LogP contribution in [0, 0.1) is 0 Å². The number of ether oxygens (including phenoxy) is 2. The lowest BCUT2D eigenvalue weighted by Crippen LogP contribution is -2.59. The fourth-order valence-electron chi connectivity index (χ4n) is 1.30. The lowest BCUT2D eigenvalue weighted by Gasteiger charge is -2.36. The van der Waals surface area contributed by atoms with Gasteiger partial charge in [-0.25, -0.2) is 0 Å². The van der Waals surface area contributed by atoms with Crippen molar-refractivity contribution in [1.29, 1.82) is 0 Å². The molecular weight excluding hydrogens is 180 g/mol. The van der Waals surface area contributed by atoms with Crippen LogP contribution in [0.3, 0.4) is 0 Å². The second-order valence-electron chi connectivity index (χ2n) is 2.98. The van der Waals surface area contributed by atoms with E-state index < -0.39 is 37.3 Å². The highest BCUT2D eigenvalue weighted by atomic mass is 16.7. The van der Waals surface area contributed by atoms with E-state index in [0.29, 0.717) is 0 Å². The molecule has 6 heteroatoms. The summed E-state index contributed by atoms with van der Waals surface area (Å²) in [6.07, 6.45) is -5.65. The van der Waals surface area contributed by atoms with Crippen molar-refractivity contribution in [3.63, 3.8) is 0 Å². The summed E-state index contributed by atoms with van der Waals surface area (Å²) in [7, 11) is 1.42. The topological polar surface area (TPSA) is 103 Å². The highest BCUT2D eigenvalue weighted by molar-refractivity contribution is 4.88. The van der Waals surface area contributed by atoms with Crippen molar-refractivity contribution in [2.24, 2.45) is 0 Å². The molecule has 0 amide bonds. The first kappa shape index (κ1) is 10.8. The van der Waals surface area contributed by atoms with Gasteiger partial charge in [0.2, 0.25) is 0 Å². The van der Waals surface area contributed by atoms with Crippen molar-refractivity contribution in [3.8, 4) is 0 Å². The Kier molecular flexibility index (Phi) is 3.60. The van der Waals surface area contributed by atoms with E-state index in [9.17, 15) is 15.3 Å². The summed E-state index contributed by atoms with van der Waals surface area (Å²) in [6, 6.07) is 0. The first-order valence-electron chi connectivity index (χ1n) is 4.01. The first-order chi connectivity index (χ1) is 6.11. The molecule has 0 bridgehead atoms. The maximum Gasteiger partial charge on any atom is 0.294 e. The molecule has 0 saturated carbocycles. The number of rotatable bonds is 2. The molecule has 1 fully saturated rings. The number of hydrogen-bond donors (Lipinski definition) is 4. The summed E-state index contributed by atoms with van der Waals surface area (Å²) in [6.45, 7) is -0.420. The molecule has 5 N–H and O–H groups in total. The number of hydrogen-bond acceptors (Lipinski definition) is 5. The predicted octanol–water partition coefficient (Wildman–Crippen LogP) is -3.06. The Bertz CT molecular complexity index is 143. The Morgan fingerprint density at radius 3 is 2.23 bits per heavy atom. The van der Waals surface area contributed by atoms with Crippen LogP contribution in [0.4, 0.5) is 0 Å². The number of aliphatic hydroxyl groups is 6. The van der Waals surface area contributed by atoms with Crippen molar-refractivity contribution in [2.75, 3.05) is 13.7 Å². The van der Waals surface area contributed by atoms with Gasteiger partial charge in [0.25, 0.3) is 6.29 Å². The highest BCUT2D eigenvalue weighted by Crippen LogP contribution is 2.20. The van der Waals surface area contributed by atoms with Crippen LogP contribution < -0.4 is 0 Å². The van der Waals surface area contributed by atoms with E-state index in [1.54, 1.807) is 0 Å². The summed E-state index contributed by atoms with van der Waals surface area (Å²) in [4.78, 5) is 0. The lowest BCUT2D eigenvalue weighted by atomic mass is 9.99. The monoisotopic (exact) mass is 195 g/mol. The fourth-order valence-corrected chi connectivity index (χ4v) is 1.30. The molecule has 0 radical (unpaired) electrons. The molecular formula is C7H15O6+. The van der Waals surface area contributed by atoms with Crippen LogP contribution in [-0.2, 0) is 4.74 Å². The zero-order chi connectivity index (χ0) is 10.0. The molecule has 1 rings (SSSR count). The van der Waals surface area contributed by atoms with Crippen LogP contribution in [0.15, 0.2) is 0 Å². The maximum absolute atomic E-state index is 9.31. The Labute approximate surface area is 75.3 Å². The van der Waals surface area contributed by atoms with Gasteiger partial charge in [-0.2, -0.15) is 0 Å². The second kappa shape index (κ2) is 4.32. The average Bonchev–Trinajstić information content (AvgIpc) is 2.15. The van der Waals surface area contributed by atoms with Crippen molar-refractivity contribution in [3.05, 3.63) is 0 Å². The van der Waals surface area contributed by atoms with Gasteiger partial charge in [-0.15, -0.1) is 0 Å². The van der Waals surface area contributed by atoms with Gasteiger partial charge in [-0.1, -0.05) is 0 Å². The maximum atomic E-state index is 9.31. The van der Waals surface area contributed by atoms with Gasteiger partial charge in [0.15, 0.2) is 6.10 Å². The minimum absolute atomic E-state index is 0.420. The van der Waals surface area contributed by atoms with Crippen LogP contribution in [-0.4, -0.2) is 69.6 Å². The highest BCUT2D eigenvalue weighted by Gasteiger charge is 2.46. The quantitative estimate of drug-likeness (QED) is 0.350. The molecule has 0 aromatic heterocycles. The first-order valence-corrected chi connectivity index (χ1v) is 4.01. The molecule has 5 atom stereocenters. The van der Waals surface area contributed by atoms with Crippen molar-refractivity contribution < 1.29 is 29.9 Å². The molecule has 0 spiro atoms. The van der Waals surface area contributed by atoms with Gasteiger partial charge >= 0.3 is 0 Å². The van der Waals surface area contributed by atoms with Gasteiger partial charge in [-0.05, 0) is 0 Å². The third-order valence-electron chi connectivity index (χ3n) is 2.12. The van der Waals surface area contributed by atoms with E-state index in [0.717, 1.165) is 0 Å². The summed E-state index contributed by atoms with van der Waals surface area (Å²) in [5, 5.41) is 36.7. The third kappa shape index (κ3) is 1.98. The number of aliphatic hydroxyl groups excluding tert-OH is 4. The Morgan fingerprint density at radius 1 is 1.15 bits per heavy atom. The lowest BCUT2D eigenvalue weighted by molar-refractivity contribution is -0.337. The summed E-state index contributed by atoms with van der Waals surface area (Å²) < 4.78 is 8.66. The van der Waals surface area contributed by atoms with Gasteiger partial charge in [0.05, 0.1) is 6.61 Å². The van der Waals surface area contributed by atoms with Crippen LogP contribution in [0.5, 0.6) is 0 Å². The molecule has 1 aliphatic heterocycles. The normalized spacial score (nSPS) is 46.4. The minimum atomic E-state index is -1.33. The zero-order valence-electron chi connectivity index (χ0n) is 7.24. The Morgan fingerprint density at radius 2 is 1.77 bits per heavy atom. The standard InChI is InChI=1S/C7H14O6/c1-12-7-6(11)5(10)4(9)3(2-8)13-7/h3-11H,2H2,1H3/p+1/t3?,4-,5?,6?,7-/m1/s1. The largest absolute Gasteiger partial charge is 0.410 e. The van der Waals surface area contributed by atoms with E-state index in [2.05, 4.69) is 4.74 Å². The predicted molar refractivity (Wildman–Crippen MR) is 41.9 cm³/mol. The minimum Gasteiger partial charge on any atom is -0.410 e. The third-order valence-corrected chi connectivity index (χ3v) is 2.12. The molecule has 3 unspecified atom stereocenters. The molecule has 1 aliphatic rings. The molecule has 78 valence electrons. The van der Waals surface area contributed by atoms with E-state index in [4.69, 9.17) is 9.84 Å². The van der Waals surface area contributed by atoms with Crippen LogP contribution in [0.25, 0.3) is 0 Å². The van der Waals surface area contributed by atoms with Crippen molar-refractivity contribution in [1.82, 2.24) is 0 Å². The average molecular weight is 195 g/mol. The van der Waals surface area contributed by atoms with Gasteiger partial charge in [-0.3, -0.25) is 0 Å². The van der Waals surface area contributed by atoms with Gasteiger partial charge in [0.1, 0.15) is 25.4 Å². The summed E-state index contributed by atoms with van der Waals surface area (Å²) in [5.41, 5.74) is 0. The van der Waals surface area contributed by atoms with E-state index >= 15 is 0 Å².